The Kier molecular flexibility index (Phi) is 4.30. The summed E-state index contributed by atoms with van der Waals surface area (Å²) in [5.41, 5.74) is 0. The largest absolute Gasteiger partial charge is 0.392 e. The fraction of sp³-hybridized carbons (Fsp3) is 0.667. The van der Waals surface area contributed by atoms with Crippen molar-refractivity contribution in [2.45, 2.75) is 6.23 Å². The Hall–Kier alpha value is -0.380. The summed E-state index contributed by atoms with van der Waals surface area (Å²) in [4.78, 5) is 1.59. The molecule has 3 heteroatoms. The summed E-state index contributed by atoms with van der Waals surface area (Å²) < 4.78 is 0. The Morgan fingerprint density at radius 3 is 2.67 bits per heavy atom. The Labute approximate surface area is 55.2 Å². The molecule has 0 aliphatic rings. The van der Waals surface area contributed by atoms with E-state index in [4.69, 9.17) is 10.2 Å². The highest BCUT2D eigenvalue weighted by atomic mass is 16.3. The number of rotatable bonds is 4. The monoisotopic (exact) mass is 131 g/mol. The second kappa shape index (κ2) is 4.49. The van der Waals surface area contributed by atoms with Crippen LogP contribution in [0.2, 0.25) is 0 Å². The zero-order valence-electron chi connectivity index (χ0n) is 5.62. The average Bonchev–Trinajstić information content (AvgIpc) is 1.87. The lowest BCUT2D eigenvalue weighted by atomic mass is 10.5. The van der Waals surface area contributed by atoms with Crippen LogP contribution in [0.1, 0.15) is 0 Å². The third-order valence-electron chi connectivity index (χ3n) is 1.09. The van der Waals surface area contributed by atoms with E-state index >= 15 is 0 Å². The van der Waals surface area contributed by atoms with Gasteiger partial charge in [-0.05, 0) is 7.05 Å². The minimum atomic E-state index is -0.761. The maximum Gasteiger partial charge on any atom is 0.130 e. The minimum Gasteiger partial charge on any atom is -0.392 e. The first-order valence-electron chi connectivity index (χ1n) is 2.82. The van der Waals surface area contributed by atoms with Gasteiger partial charge in [0, 0.05) is 6.54 Å². The fourth-order valence-corrected chi connectivity index (χ4v) is 0.465. The predicted octanol–water partition coefficient (Wildman–Crippen LogP) is -0.585. The zero-order chi connectivity index (χ0) is 7.28. The summed E-state index contributed by atoms with van der Waals surface area (Å²) in [7, 11) is 1.71. The van der Waals surface area contributed by atoms with Crippen molar-refractivity contribution in [3.05, 3.63) is 12.7 Å². The van der Waals surface area contributed by atoms with Gasteiger partial charge in [-0.3, -0.25) is 4.90 Å². The van der Waals surface area contributed by atoms with Crippen LogP contribution in [0.3, 0.4) is 0 Å². The molecule has 0 fully saturated rings. The molecule has 0 radical (unpaired) electrons. The summed E-state index contributed by atoms with van der Waals surface area (Å²) in [6, 6.07) is 0. The molecule has 0 saturated carbocycles. The Morgan fingerprint density at radius 2 is 2.33 bits per heavy atom. The van der Waals surface area contributed by atoms with Crippen LogP contribution in [-0.4, -0.2) is 41.5 Å². The number of nitrogens with zero attached hydrogens (tertiary/aromatic N) is 1. The Balaban J connectivity index is 3.44. The van der Waals surface area contributed by atoms with Crippen molar-refractivity contribution >= 4 is 0 Å². The molecule has 0 spiro atoms. The number of aliphatic hydroxyl groups is 2. The highest BCUT2D eigenvalue weighted by molar-refractivity contribution is 4.71. The number of hydrogen-bond acceptors (Lipinski definition) is 3. The van der Waals surface area contributed by atoms with Gasteiger partial charge in [0.1, 0.15) is 6.23 Å². The molecule has 0 aromatic carbocycles. The van der Waals surface area contributed by atoms with Crippen LogP contribution in [-0.2, 0) is 0 Å². The van der Waals surface area contributed by atoms with Crippen molar-refractivity contribution in [3.63, 3.8) is 0 Å². The molecule has 0 saturated heterocycles. The molecule has 0 heterocycles. The molecule has 54 valence electrons. The highest BCUT2D eigenvalue weighted by Crippen LogP contribution is 1.88. The molecular weight excluding hydrogens is 118 g/mol. The maximum atomic E-state index is 8.89. The van der Waals surface area contributed by atoms with E-state index in [1.807, 2.05) is 0 Å². The van der Waals surface area contributed by atoms with E-state index in [1.54, 1.807) is 18.0 Å². The molecule has 0 aliphatic carbocycles. The van der Waals surface area contributed by atoms with Gasteiger partial charge in [-0.25, -0.2) is 0 Å². The Bertz CT molecular complexity index is 85.1. The lowest BCUT2D eigenvalue weighted by Crippen LogP contribution is -2.34. The summed E-state index contributed by atoms with van der Waals surface area (Å²) >= 11 is 0. The van der Waals surface area contributed by atoms with Gasteiger partial charge in [0.15, 0.2) is 0 Å². The quantitative estimate of drug-likeness (QED) is 0.396. The molecule has 2 N–H and O–H groups in total. The smallest absolute Gasteiger partial charge is 0.130 e. The molecule has 9 heavy (non-hydrogen) atoms. The summed E-state index contributed by atoms with van der Waals surface area (Å²) in [6.07, 6.45) is 0.904. The SMILES string of the molecule is C=CCN(C)C(O)CO. The summed E-state index contributed by atoms with van der Waals surface area (Å²) in [5.74, 6) is 0. The molecule has 0 bridgehead atoms. The standard InChI is InChI=1S/C6H13NO2/c1-3-4-7(2)6(9)5-8/h3,6,8-9H,1,4-5H2,2H3. The first-order chi connectivity index (χ1) is 4.22. The lowest BCUT2D eigenvalue weighted by Gasteiger charge is -2.18. The van der Waals surface area contributed by atoms with E-state index in [0.29, 0.717) is 6.54 Å². The molecule has 0 aliphatic heterocycles. The van der Waals surface area contributed by atoms with Crippen LogP contribution in [0.4, 0.5) is 0 Å². The first-order valence-corrected chi connectivity index (χ1v) is 2.82. The maximum absolute atomic E-state index is 8.89. The number of likely N-dealkylation sites (N-methyl/N-ethyl adjacent to an activating group) is 1. The van der Waals surface area contributed by atoms with Crippen LogP contribution in [0.25, 0.3) is 0 Å². The molecule has 0 aromatic heterocycles. The fourth-order valence-electron chi connectivity index (χ4n) is 0.465. The van der Waals surface area contributed by atoms with E-state index in [9.17, 15) is 0 Å². The van der Waals surface area contributed by atoms with Crippen molar-refractivity contribution < 1.29 is 10.2 Å². The van der Waals surface area contributed by atoms with Crippen molar-refractivity contribution in [2.75, 3.05) is 20.2 Å². The molecule has 1 unspecified atom stereocenters. The van der Waals surface area contributed by atoms with E-state index in [2.05, 4.69) is 6.58 Å². The Morgan fingerprint density at radius 1 is 1.78 bits per heavy atom. The second-order valence-corrected chi connectivity index (χ2v) is 1.89. The topological polar surface area (TPSA) is 43.7 Å². The molecule has 3 nitrogen and oxygen atoms in total. The zero-order valence-corrected chi connectivity index (χ0v) is 5.62. The third kappa shape index (κ3) is 3.24. The van der Waals surface area contributed by atoms with E-state index < -0.39 is 6.23 Å². The third-order valence-corrected chi connectivity index (χ3v) is 1.09. The van der Waals surface area contributed by atoms with E-state index in [1.165, 1.54) is 0 Å². The lowest BCUT2D eigenvalue weighted by molar-refractivity contribution is -0.0141. The van der Waals surface area contributed by atoms with Gasteiger partial charge < -0.3 is 10.2 Å². The molecule has 0 amide bonds. The van der Waals surface area contributed by atoms with Crippen molar-refractivity contribution in [1.82, 2.24) is 4.90 Å². The summed E-state index contributed by atoms with van der Waals surface area (Å²) in [5, 5.41) is 17.3. The van der Waals surface area contributed by atoms with Crippen LogP contribution < -0.4 is 0 Å². The van der Waals surface area contributed by atoms with Crippen molar-refractivity contribution in [1.29, 1.82) is 0 Å². The van der Waals surface area contributed by atoms with Crippen molar-refractivity contribution in [2.24, 2.45) is 0 Å². The van der Waals surface area contributed by atoms with Crippen LogP contribution >= 0.6 is 0 Å². The van der Waals surface area contributed by atoms with Gasteiger partial charge in [-0.1, -0.05) is 6.08 Å². The molecule has 1 atom stereocenters. The molecule has 0 rings (SSSR count). The van der Waals surface area contributed by atoms with Gasteiger partial charge in [0.25, 0.3) is 0 Å². The van der Waals surface area contributed by atoms with Gasteiger partial charge >= 0.3 is 0 Å². The molecule has 0 aromatic rings. The van der Waals surface area contributed by atoms with Crippen LogP contribution in [0.15, 0.2) is 12.7 Å². The number of hydrogen-bond donors (Lipinski definition) is 2. The average molecular weight is 131 g/mol. The van der Waals surface area contributed by atoms with E-state index in [0.717, 1.165) is 0 Å². The van der Waals surface area contributed by atoms with Gasteiger partial charge in [0.2, 0.25) is 0 Å². The minimum absolute atomic E-state index is 0.232. The first kappa shape index (κ1) is 8.62. The van der Waals surface area contributed by atoms with Gasteiger partial charge in [-0.15, -0.1) is 6.58 Å². The van der Waals surface area contributed by atoms with Gasteiger partial charge in [-0.2, -0.15) is 0 Å². The highest BCUT2D eigenvalue weighted by Gasteiger charge is 2.05. The normalized spacial score (nSPS) is 13.8. The number of aliphatic hydroxyl groups excluding tert-OH is 2. The van der Waals surface area contributed by atoms with Gasteiger partial charge in [0.05, 0.1) is 6.61 Å². The predicted molar refractivity (Wildman–Crippen MR) is 35.9 cm³/mol. The van der Waals surface area contributed by atoms with Crippen LogP contribution in [0.5, 0.6) is 0 Å². The van der Waals surface area contributed by atoms with E-state index in [-0.39, 0.29) is 6.61 Å². The summed E-state index contributed by atoms with van der Waals surface area (Å²) in [6.45, 7) is 3.84. The van der Waals surface area contributed by atoms with Crippen LogP contribution in [0, 0.1) is 0 Å². The molecular formula is C6H13NO2. The second-order valence-electron chi connectivity index (χ2n) is 1.89. The van der Waals surface area contributed by atoms with Crippen molar-refractivity contribution in [3.8, 4) is 0 Å².